The number of amides is 1. The normalized spacial score (nSPS) is 11.6. The van der Waals surface area contributed by atoms with E-state index in [9.17, 15) is 4.79 Å². The molecular weight excluding hydrogens is 440 g/mol. The number of aryl methyl sites for hydroxylation is 1. The zero-order valence-electron chi connectivity index (χ0n) is 19.8. The van der Waals surface area contributed by atoms with Crippen LogP contribution in [-0.4, -0.2) is 35.2 Å². The summed E-state index contributed by atoms with van der Waals surface area (Å²) in [5, 5.41) is 7.51. The molecule has 2 aromatic carbocycles. The molecule has 3 heterocycles. The molecule has 176 valence electrons. The number of hydrogen-bond donors (Lipinski definition) is 2. The molecule has 5 aromatic rings. The Balaban J connectivity index is 1.37. The quantitative estimate of drug-likeness (QED) is 0.396. The van der Waals surface area contributed by atoms with Crippen molar-refractivity contribution < 1.29 is 4.79 Å². The van der Waals surface area contributed by atoms with Crippen molar-refractivity contribution in [2.24, 2.45) is 7.05 Å². The summed E-state index contributed by atoms with van der Waals surface area (Å²) in [6, 6.07) is 18.0. The van der Waals surface area contributed by atoms with E-state index in [0.717, 1.165) is 22.5 Å². The summed E-state index contributed by atoms with van der Waals surface area (Å²) in [5.74, 6) is 0.183. The molecule has 0 unspecified atom stereocenters. The highest BCUT2D eigenvalue weighted by molar-refractivity contribution is 5.95. The van der Waals surface area contributed by atoms with Crippen LogP contribution in [0, 0.1) is 0 Å². The molecule has 35 heavy (non-hydrogen) atoms. The molecule has 5 rings (SSSR count). The Hall–Kier alpha value is -4.53. The zero-order valence-corrected chi connectivity index (χ0v) is 19.8. The van der Waals surface area contributed by atoms with Crippen LogP contribution in [0.4, 0.5) is 5.82 Å². The Morgan fingerprint density at radius 3 is 2.51 bits per heavy atom. The summed E-state index contributed by atoms with van der Waals surface area (Å²) in [6.07, 6.45) is 5.36. The first-order chi connectivity index (χ1) is 16.8. The Kier molecular flexibility index (Phi) is 5.52. The highest BCUT2D eigenvalue weighted by Gasteiger charge is 2.26. The van der Waals surface area contributed by atoms with Crippen LogP contribution in [0.2, 0.25) is 0 Å². The van der Waals surface area contributed by atoms with Crippen molar-refractivity contribution in [2.45, 2.75) is 25.8 Å². The van der Waals surface area contributed by atoms with Gasteiger partial charge in [-0.05, 0) is 37.1 Å². The van der Waals surface area contributed by atoms with E-state index in [2.05, 4.69) is 25.4 Å². The third kappa shape index (κ3) is 4.23. The number of nitrogens with one attached hydrogen (secondary N) is 1. The Morgan fingerprint density at radius 1 is 1.03 bits per heavy atom. The molecule has 0 fully saturated rings. The molecule has 0 radical (unpaired) electrons. The van der Waals surface area contributed by atoms with Crippen molar-refractivity contribution in [3.8, 4) is 5.69 Å². The molecule has 3 aromatic heterocycles. The Bertz CT molecular complexity index is 1500. The summed E-state index contributed by atoms with van der Waals surface area (Å²) in [4.78, 5) is 25.9. The number of rotatable bonds is 6. The SMILES string of the molecule is Cn1ncc(C(=O)NC(C)(C)c2ccc(-n3cnc4c(N)ncnc43)cc2)c1Cc1ccccc1. The maximum absolute atomic E-state index is 13.3. The minimum atomic E-state index is -0.612. The van der Waals surface area contributed by atoms with E-state index in [1.807, 2.05) is 80.1 Å². The number of aromatic nitrogens is 6. The summed E-state index contributed by atoms with van der Waals surface area (Å²) in [6.45, 7) is 3.96. The van der Waals surface area contributed by atoms with Gasteiger partial charge in [-0.15, -0.1) is 0 Å². The lowest BCUT2D eigenvalue weighted by atomic mass is 9.93. The van der Waals surface area contributed by atoms with Gasteiger partial charge in [0.25, 0.3) is 5.91 Å². The van der Waals surface area contributed by atoms with Crippen LogP contribution >= 0.6 is 0 Å². The van der Waals surface area contributed by atoms with E-state index >= 15 is 0 Å². The van der Waals surface area contributed by atoms with Gasteiger partial charge in [0.1, 0.15) is 12.7 Å². The predicted octanol–water partition coefficient (Wildman–Crippen LogP) is 3.39. The van der Waals surface area contributed by atoms with Crippen LogP contribution < -0.4 is 11.1 Å². The number of nitrogen functional groups attached to an aromatic ring is 1. The van der Waals surface area contributed by atoms with Gasteiger partial charge in [-0.2, -0.15) is 5.10 Å². The molecule has 9 heteroatoms. The van der Waals surface area contributed by atoms with Gasteiger partial charge in [-0.3, -0.25) is 14.0 Å². The van der Waals surface area contributed by atoms with Crippen LogP contribution in [0.1, 0.15) is 41.0 Å². The monoisotopic (exact) mass is 466 g/mol. The van der Waals surface area contributed by atoms with Crippen LogP contribution in [0.5, 0.6) is 0 Å². The third-order valence-corrected chi connectivity index (χ3v) is 6.18. The van der Waals surface area contributed by atoms with Gasteiger partial charge in [-0.25, -0.2) is 15.0 Å². The molecule has 9 nitrogen and oxygen atoms in total. The molecule has 0 aliphatic heterocycles. The third-order valence-electron chi connectivity index (χ3n) is 6.18. The average molecular weight is 467 g/mol. The number of nitrogens with two attached hydrogens (primary N) is 1. The first-order valence-corrected chi connectivity index (χ1v) is 11.3. The van der Waals surface area contributed by atoms with E-state index in [0.29, 0.717) is 29.0 Å². The van der Waals surface area contributed by atoms with Gasteiger partial charge in [0.2, 0.25) is 0 Å². The van der Waals surface area contributed by atoms with E-state index < -0.39 is 5.54 Å². The number of fused-ring (bicyclic) bond motifs is 1. The van der Waals surface area contributed by atoms with E-state index in [4.69, 9.17) is 5.73 Å². The lowest BCUT2D eigenvalue weighted by molar-refractivity contribution is 0.0911. The molecule has 0 bridgehead atoms. The second-order valence-electron chi connectivity index (χ2n) is 8.96. The maximum atomic E-state index is 13.3. The van der Waals surface area contributed by atoms with Crippen LogP contribution in [-0.2, 0) is 19.0 Å². The number of imidazole rings is 1. The van der Waals surface area contributed by atoms with E-state index in [1.165, 1.54) is 6.33 Å². The van der Waals surface area contributed by atoms with Crippen molar-refractivity contribution in [1.29, 1.82) is 0 Å². The van der Waals surface area contributed by atoms with Crippen molar-refractivity contribution in [2.75, 3.05) is 5.73 Å². The fourth-order valence-corrected chi connectivity index (χ4v) is 4.16. The van der Waals surface area contributed by atoms with Crippen LogP contribution in [0.15, 0.2) is 73.4 Å². The van der Waals surface area contributed by atoms with Gasteiger partial charge in [0.05, 0.1) is 23.0 Å². The predicted molar refractivity (Wildman–Crippen MR) is 134 cm³/mol. The second kappa shape index (κ2) is 8.68. The van der Waals surface area contributed by atoms with Crippen LogP contribution in [0.3, 0.4) is 0 Å². The summed E-state index contributed by atoms with van der Waals surface area (Å²) >= 11 is 0. The molecule has 1 amide bonds. The molecule has 0 spiro atoms. The van der Waals surface area contributed by atoms with Crippen molar-refractivity contribution in [3.05, 3.63) is 95.8 Å². The zero-order chi connectivity index (χ0) is 24.6. The smallest absolute Gasteiger partial charge is 0.255 e. The number of hydrogen-bond acceptors (Lipinski definition) is 6. The number of benzene rings is 2. The first kappa shape index (κ1) is 22.3. The van der Waals surface area contributed by atoms with Crippen molar-refractivity contribution in [1.82, 2.24) is 34.6 Å². The molecule has 0 aliphatic rings. The van der Waals surface area contributed by atoms with Gasteiger partial charge in [0, 0.05) is 19.2 Å². The molecule has 0 saturated carbocycles. The van der Waals surface area contributed by atoms with E-state index in [1.54, 1.807) is 17.2 Å². The summed E-state index contributed by atoms with van der Waals surface area (Å²) < 4.78 is 3.61. The number of nitrogens with zero attached hydrogens (tertiary/aromatic N) is 6. The van der Waals surface area contributed by atoms with Crippen molar-refractivity contribution >= 4 is 22.9 Å². The number of carbonyl (C=O) groups is 1. The highest BCUT2D eigenvalue weighted by Crippen LogP contribution is 2.25. The second-order valence-corrected chi connectivity index (χ2v) is 8.96. The van der Waals surface area contributed by atoms with Crippen LogP contribution in [0.25, 0.3) is 16.9 Å². The summed E-state index contributed by atoms with van der Waals surface area (Å²) in [5.41, 5.74) is 10.9. The topological polar surface area (TPSA) is 117 Å². The summed E-state index contributed by atoms with van der Waals surface area (Å²) in [7, 11) is 1.86. The Morgan fingerprint density at radius 2 is 1.77 bits per heavy atom. The number of carbonyl (C=O) groups excluding carboxylic acids is 1. The Labute approximate surface area is 202 Å². The minimum Gasteiger partial charge on any atom is -0.382 e. The molecule has 0 saturated heterocycles. The highest BCUT2D eigenvalue weighted by atomic mass is 16.1. The molecule has 3 N–H and O–H groups in total. The van der Waals surface area contributed by atoms with Gasteiger partial charge >= 0.3 is 0 Å². The van der Waals surface area contributed by atoms with Gasteiger partial charge in [0.15, 0.2) is 17.0 Å². The molecular formula is C26H26N8O. The lowest BCUT2D eigenvalue weighted by Gasteiger charge is -2.27. The lowest BCUT2D eigenvalue weighted by Crippen LogP contribution is -2.41. The standard InChI is InChI=1S/C26H26N8O/c1-26(2,32-25(35)20-14-31-33(3)21(20)13-17-7-5-4-6-8-17)18-9-11-19(12-10-18)34-16-30-22-23(27)28-15-29-24(22)34/h4-12,14-16H,13H2,1-3H3,(H,32,35)(H2,27,28,29). The largest absolute Gasteiger partial charge is 0.382 e. The van der Waals surface area contributed by atoms with Crippen molar-refractivity contribution in [3.63, 3.8) is 0 Å². The first-order valence-electron chi connectivity index (χ1n) is 11.3. The minimum absolute atomic E-state index is 0.161. The fraction of sp³-hybridized carbons (Fsp3) is 0.192. The molecule has 0 atom stereocenters. The molecule has 0 aliphatic carbocycles. The van der Waals surface area contributed by atoms with Gasteiger partial charge in [-0.1, -0.05) is 42.5 Å². The average Bonchev–Trinajstić information content (AvgIpc) is 3.44. The van der Waals surface area contributed by atoms with Gasteiger partial charge < -0.3 is 11.1 Å². The maximum Gasteiger partial charge on any atom is 0.255 e. The fourth-order valence-electron chi connectivity index (χ4n) is 4.16. The van der Waals surface area contributed by atoms with E-state index in [-0.39, 0.29) is 5.91 Å². The number of anilines is 1.